The third kappa shape index (κ3) is 4.32. The van der Waals surface area contributed by atoms with Crippen molar-refractivity contribution in [1.82, 2.24) is 0 Å². The monoisotopic (exact) mass is 381 g/mol. The van der Waals surface area contributed by atoms with Crippen LogP contribution in [0.15, 0.2) is 71.3 Å². The predicted molar refractivity (Wildman–Crippen MR) is 98.7 cm³/mol. The van der Waals surface area contributed by atoms with Crippen molar-refractivity contribution in [3.05, 3.63) is 89.6 Å². The second-order valence-electron chi connectivity index (χ2n) is 5.90. The molecule has 0 bridgehead atoms. The highest BCUT2D eigenvalue weighted by Gasteiger charge is 2.23. The number of furan rings is 1. The van der Waals surface area contributed by atoms with Gasteiger partial charge in [0.15, 0.2) is 11.9 Å². The van der Waals surface area contributed by atoms with Crippen molar-refractivity contribution in [2.75, 3.05) is 5.32 Å². The average Bonchev–Trinajstić information content (AvgIpc) is 3.23. The first kappa shape index (κ1) is 19.0. The number of hydrogen-bond acceptors (Lipinski definition) is 5. The molecule has 0 aliphatic carbocycles. The molecule has 3 aromatic rings. The van der Waals surface area contributed by atoms with Gasteiger partial charge >= 0.3 is 5.97 Å². The molecule has 6 nitrogen and oxygen atoms in total. The summed E-state index contributed by atoms with van der Waals surface area (Å²) in [7, 11) is 0. The second-order valence-corrected chi connectivity index (χ2v) is 5.90. The van der Waals surface area contributed by atoms with Crippen LogP contribution in [-0.4, -0.2) is 23.8 Å². The number of ketones is 1. The quantitative estimate of drug-likeness (QED) is 0.513. The van der Waals surface area contributed by atoms with Gasteiger partial charge in [-0.15, -0.1) is 0 Å². The highest BCUT2D eigenvalue weighted by atomic mass is 19.1. The number of para-hydroxylation sites is 1. The summed E-state index contributed by atoms with van der Waals surface area (Å²) in [4.78, 5) is 37.0. The van der Waals surface area contributed by atoms with E-state index < -0.39 is 29.6 Å². The molecular formula is C21H16FNO5. The van der Waals surface area contributed by atoms with E-state index in [-0.39, 0.29) is 22.6 Å². The minimum atomic E-state index is -1.09. The van der Waals surface area contributed by atoms with Gasteiger partial charge in [0.1, 0.15) is 5.82 Å². The van der Waals surface area contributed by atoms with Crippen LogP contribution in [0.3, 0.4) is 0 Å². The van der Waals surface area contributed by atoms with Gasteiger partial charge in [0.2, 0.25) is 5.78 Å². The van der Waals surface area contributed by atoms with E-state index in [2.05, 4.69) is 5.32 Å². The molecule has 2 aromatic carbocycles. The van der Waals surface area contributed by atoms with Crippen LogP contribution < -0.4 is 5.32 Å². The molecule has 0 unspecified atom stereocenters. The third-order valence-corrected chi connectivity index (χ3v) is 3.92. The Kier molecular flexibility index (Phi) is 5.64. The molecule has 0 fully saturated rings. The molecule has 28 heavy (non-hydrogen) atoms. The summed E-state index contributed by atoms with van der Waals surface area (Å²) in [6, 6.07) is 14.2. The number of Topliss-reactive ketones (excluding diaryl/α,β-unsaturated/α-hetero) is 1. The zero-order valence-electron chi connectivity index (χ0n) is 14.8. The Balaban J connectivity index is 1.72. The fourth-order valence-electron chi connectivity index (χ4n) is 2.49. The Labute approximate surface area is 159 Å². The van der Waals surface area contributed by atoms with Crippen molar-refractivity contribution in [3.63, 3.8) is 0 Å². The number of amides is 1. The Hall–Kier alpha value is -3.74. The molecule has 1 atom stereocenters. The highest BCUT2D eigenvalue weighted by molar-refractivity contribution is 6.07. The van der Waals surface area contributed by atoms with E-state index in [4.69, 9.17) is 9.15 Å². The van der Waals surface area contributed by atoms with Gasteiger partial charge in [0.05, 0.1) is 17.5 Å². The highest BCUT2D eigenvalue weighted by Crippen LogP contribution is 2.19. The first-order valence-electron chi connectivity index (χ1n) is 8.40. The number of ether oxygens (including phenoxy) is 1. The molecule has 1 N–H and O–H groups in total. The number of halogens is 1. The van der Waals surface area contributed by atoms with E-state index in [0.717, 1.165) is 12.1 Å². The van der Waals surface area contributed by atoms with E-state index in [1.807, 2.05) is 0 Å². The molecule has 1 amide bonds. The third-order valence-electron chi connectivity index (χ3n) is 3.92. The second kappa shape index (κ2) is 8.30. The zero-order chi connectivity index (χ0) is 20.1. The van der Waals surface area contributed by atoms with Crippen molar-refractivity contribution in [1.29, 1.82) is 0 Å². The largest absolute Gasteiger partial charge is 0.459 e. The molecule has 0 spiro atoms. The van der Waals surface area contributed by atoms with E-state index in [9.17, 15) is 18.8 Å². The van der Waals surface area contributed by atoms with Gasteiger partial charge in [-0.25, -0.2) is 9.18 Å². The topological polar surface area (TPSA) is 85.6 Å². The van der Waals surface area contributed by atoms with Gasteiger partial charge in [-0.05, 0) is 55.5 Å². The average molecular weight is 381 g/mol. The molecule has 0 radical (unpaired) electrons. The Morgan fingerprint density at radius 2 is 1.71 bits per heavy atom. The van der Waals surface area contributed by atoms with Crippen LogP contribution in [0.25, 0.3) is 0 Å². The van der Waals surface area contributed by atoms with E-state index >= 15 is 0 Å². The lowest BCUT2D eigenvalue weighted by Crippen LogP contribution is -2.25. The lowest BCUT2D eigenvalue weighted by molar-refractivity contribution is 0.0319. The standard InChI is InChI=1S/C21H16FNO5/c1-13(19(24)14-8-10-15(22)11-9-14)28-21(26)16-5-2-3-6-17(16)23-20(25)18-7-4-12-27-18/h2-13H,1H3,(H,23,25)/t13-/m1/s1. The fraction of sp³-hybridized carbons (Fsp3) is 0.0952. The van der Waals surface area contributed by atoms with Crippen molar-refractivity contribution < 1.29 is 27.9 Å². The number of carbonyl (C=O) groups excluding carboxylic acids is 3. The molecule has 142 valence electrons. The number of nitrogens with one attached hydrogen (secondary N) is 1. The summed E-state index contributed by atoms with van der Waals surface area (Å²) in [6.07, 6.45) is 0.268. The van der Waals surface area contributed by atoms with Crippen LogP contribution in [0.2, 0.25) is 0 Å². The van der Waals surface area contributed by atoms with E-state index in [0.29, 0.717) is 0 Å². The molecule has 0 saturated carbocycles. The van der Waals surface area contributed by atoms with Gasteiger partial charge in [0, 0.05) is 5.56 Å². The van der Waals surface area contributed by atoms with Crippen LogP contribution in [0, 0.1) is 5.82 Å². The molecule has 0 aliphatic heterocycles. The van der Waals surface area contributed by atoms with Crippen LogP contribution in [0.4, 0.5) is 10.1 Å². The van der Waals surface area contributed by atoms with Crippen LogP contribution in [0.5, 0.6) is 0 Å². The summed E-state index contributed by atoms with van der Waals surface area (Å²) in [6.45, 7) is 1.42. The maximum atomic E-state index is 13.0. The van der Waals surface area contributed by atoms with Gasteiger partial charge in [-0.3, -0.25) is 9.59 Å². The Bertz CT molecular complexity index is 996. The number of hydrogen-bond donors (Lipinski definition) is 1. The normalized spacial score (nSPS) is 11.5. The molecule has 0 aliphatic rings. The summed E-state index contributed by atoms with van der Waals surface area (Å²) in [5.41, 5.74) is 0.526. The maximum Gasteiger partial charge on any atom is 0.340 e. The SMILES string of the molecule is C[C@@H](OC(=O)c1ccccc1NC(=O)c1ccco1)C(=O)c1ccc(F)cc1. The number of carbonyl (C=O) groups is 3. The van der Waals surface area contributed by atoms with Gasteiger partial charge in [-0.1, -0.05) is 12.1 Å². The summed E-state index contributed by atoms with van der Waals surface area (Å²) >= 11 is 0. The first-order chi connectivity index (χ1) is 13.5. The zero-order valence-corrected chi connectivity index (χ0v) is 14.8. The molecule has 1 heterocycles. The Morgan fingerprint density at radius 1 is 1.00 bits per heavy atom. The summed E-state index contributed by atoms with van der Waals surface area (Å²) < 4.78 is 23.3. The van der Waals surface area contributed by atoms with E-state index in [1.165, 1.54) is 43.5 Å². The maximum absolute atomic E-state index is 13.0. The molecule has 3 rings (SSSR count). The fourth-order valence-corrected chi connectivity index (χ4v) is 2.49. The minimum absolute atomic E-state index is 0.0844. The summed E-state index contributed by atoms with van der Waals surface area (Å²) in [5.74, 6) is -2.16. The van der Waals surface area contributed by atoms with Crippen molar-refractivity contribution in [3.8, 4) is 0 Å². The minimum Gasteiger partial charge on any atom is -0.459 e. The smallest absolute Gasteiger partial charge is 0.340 e. The van der Waals surface area contributed by atoms with Gasteiger partial charge in [-0.2, -0.15) is 0 Å². The number of anilines is 1. The molecule has 7 heteroatoms. The van der Waals surface area contributed by atoms with Crippen molar-refractivity contribution in [2.24, 2.45) is 0 Å². The van der Waals surface area contributed by atoms with Crippen molar-refractivity contribution >= 4 is 23.3 Å². The van der Waals surface area contributed by atoms with Gasteiger partial charge < -0.3 is 14.5 Å². The molecule has 0 saturated heterocycles. The first-order valence-corrected chi connectivity index (χ1v) is 8.40. The number of rotatable bonds is 6. The predicted octanol–water partition coefficient (Wildman–Crippen LogP) is 4.10. The van der Waals surface area contributed by atoms with Crippen LogP contribution >= 0.6 is 0 Å². The van der Waals surface area contributed by atoms with Crippen LogP contribution in [0.1, 0.15) is 38.2 Å². The molecular weight excluding hydrogens is 365 g/mol. The number of benzene rings is 2. The van der Waals surface area contributed by atoms with Crippen LogP contribution in [-0.2, 0) is 4.74 Å². The lowest BCUT2D eigenvalue weighted by Gasteiger charge is -2.14. The summed E-state index contributed by atoms with van der Waals surface area (Å²) in [5, 5.41) is 2.57. The van der Waals surface area contributed by atoms with Crippen molar-refractivity contribution in [2.45, 2.75) is 13.0 Å². The van der Waals surface area contributed by atoms with Gasteiger partial charge in [0.25, 0.3) is 5.91 Å². The Morgan fingerprint density at radius 3 is 2.39 bits per heavy atom. The lowest BCUT2D eigenvalue weighted by atomic mass is 10.1. The molecule has 1 aromatic heterocycles. The number of esters is 1. The van der Waals surface area contributed by atoms with E-state index in [1.54, 1.807) is 18.2 Å².